The molecule has 1 aliphatic rings. The van der Waals surface area contributed by atoms with E-state index in [1.54, 1.807) is 0 Å². The summed E-state index contributed by atoms with van der Waals surface area (Å²) in [6.07, 6.45) is 7.75. The van der Waals surface area contributed by atoms with Gasteiger partial charge in [-0.1, -0.05) is 49.8 Å². The summed E-state index contributed by atoms with van der Waals surface area (Å²) in [4.78, 5) is 0. The third kappa shape index (κ3) is 3.39. The van der Waals surface area contributed by atoms with Gasteiger partial charge in [-0.25, -0.2) is 0 Å². The van der Waals surface area contributed by atoms with Crippen molar-refractivity contribution in [1.82, 2.24) is 5.32 Å². The molecule has 1 saturated carbocycles. The van der Waals surface area contributed by atoms with Gasteiger partial charge in [-0.2, -0.15) is 11.8 Å². The molecule has 1 nitrogen and oxygen atoms in total. The molecule has 0 heterocycles. The van der Waals surface area contributed by atoms with Gasteiger partial charge in [0.2, 0.25) is 0 Å². The number of nitrogens with one attached hydrogen (secondary N) is 1. The zero-order valence-corrected chi connectivity index (χ0v) is 12.1. The Morgan fingerprint density at radius 1 is 1.28 bits per heavy atom. The monoisotopic (exact) mass is 261 g/mol. The van der Waals surface area contributed by atoms with Gasteiger partial charge in [-0.05, 0) is 30.2 Å². The van der Waals surface area contributed by atoms with E-state index in [9.17, 15) is 0 Å². The quantitative estimate of drug-likeness (QED) is 0.831. The predicted octanol–water partition coefficient (Wildman–Crippen LogP) is 3.97. The van der Waals surface area contributed by atoms with E-state index in [0.29, 0.717) is 4.75 Å². The number of rotatable bonds is 6. The van der Waals surface area contributed by atoms with Crippen molar-refractivity contribution < 1.29 is 0 Å². The largest absolute Gasteiger partial charge is 0.311 e. The Bertz CT molecular complexity index is 379. The SMILES string of the molecule is C=C(CNCC1(SC)CCCC1)c1ccccc1. The van der Waals surface area contributed by atoms with E-state index in [2.05, 4.69) is 42.4 Å². The van der Waals surface area contributed by atoms with Crippen molar-refractivity contribution in [3.05, 3.63) is 42.5 Å². The van der Waals surface area contributed by atoms with Crippen molar-refractivity contribution in [2.24, 2.45) is 0 Å². The van der Waals surface area contributed by atoms with E-state index in [0.717, 1.165) is 13.1 Å². The van der Waals surface area contributed by atoms with Crippen LogP contribution in [0.4, 0.5) is 0 Å². The van der Waals surface area contributed by atoms with Gasteiger partial charge in [0.25, 0.3) is 0 Å². The fourth-order valence-electron chi connectivity index (χ4n) is 2.69. The first-order valence-electron chi connectivity index (χ1n) is 6.75. The Morgan fingerprint density at radius 3 is 2.56 bits per heavy atom. The van der Waals surface area contributed by atoms with Crippen LogP contribution in [0.15, 0.2) is 36.9 Å². The van der Waals surface area contributed by atoms with Crippen LogP contribution in [0.3, 0.4) is 0 Å². The maximum atomic E-state index is 4.17. The van der Waals surface area contributed by atoms with Crippen molar-refractivity contribution in [2.45, 2.75) is 30.4 Å². The van der Waals surface area contributed by atoms with Gasteiger partial charge < -0.3 is 5.32 Å². The standard InChI is InChI=1S/C16H23NS/c1-14(15-8-4-3-5-9-15)12-17-13-16(18-2)10-6-7-11-16/h3-5,8-9,17H,1,6-7,10-13H2,2H3. The molecule has 0 atom stereocenters. The molecule has 0 amide bonds. The van der Waals surface area contributed by atoms with Crippen molar-refractivity contribution in [3.63, 3.8) is 0 Å². The summed E-state index contributed by atoms with van der Waals surface area (Å²) in [5, 5.41) is 3.60. The summed E-state index contributed by atoms with van der Waals surface area (Å²) >= 11 is 2.04. The highest BCUT2D eigenvalue weighted by Gasteiger charge is 2.32. The van der Waals surface area contributed by atoms with Gasteiger partial charge in [0.1, 0.15) is 0 Å². The van der Waals surface area contributed by atoms with Gasteiger partial charge in [-0.15, -0.1) is 0 Å². The Hall–Kier alpha value is -0.730. The van der Waals surface area contributed by atoms with Crippen LogP contribution in [0, 0.1) is 0 Å². The zero-order chi connectivity index (χ0) is 12.8. The number of benzene rings is 1. The average Bonchev–Trinajstić information content (AvgIpc) is 2.89. The molecule has 98 valence electrons. The first-order valence-corrected chi connectivity index (χ1v) is 7.97. The molecular weight excluding hydrogens is 238 g/mol. The molecular formula is C16H23NS. The van der Waals surface area contributed by atoms with Crippen LogP contribution in [-0.4, -0.2) is 24.1 Å². The van der Waals surface area contributed by atoms with Crippen LogP contribution in [0.25, 0.3) is 5.57 Å². The van der Waals surface area contributed by atoms with E-state index < -0.39 is 0 Å². The van der Waals surface area contributed by atoms with Crippen LogP contribution in [0.1, 0.15) is 31.2 Å². The van der Waals surface area contributed by atoms with E-state index in [1.807, 2.05) is 17.8 Å². The molecule has 1 aliphatic carbocycles. The molecule has 0 bridgehead atoms. The average molecular weight is 261 g/mol. The van der Waals surface area contributed by atoms with Crippen molar-refractivity contribution in [1.29, 1.82) is 0 Å². The molecule has 2 rings (SSSR count). The molecule has 2 heteroatoms. The van der Waals surface area contributed by atoms with Crippen molar-refractivity contribution in [2.75, 3.05) is 19.3 Å². The van der Waals surface area contributed by atoms with E-state index in [1.165, 1.54) is 36.8 Å². The second-order valence-electron chi connectivity index (χ2n) is 5.17. The first kappa shape index (κ1) is 13.7. The fraction of sp³-hybridized carbons (Fsp3) is 0.500. The summed E-state index contributed by atoms with van der Waals surface area (Å²) in [6.45, 7) is 6.17. The van der Waals surface area contributed by atoms with E-state index in [-0.39, 0.29) is 0 Å². The number of hydrogen-bond acceptors (Lipinski definition) is 2. The summed E-state index contributed by atoms with van der Waals surface area (Å²) in [7, 11) is 0. The Labute approximate surface area is 115 Å². The van der Waals surface area contributed by atoms with Crippen LogP contribution < -0.4 is 5.32 Å². The normalized spacial score (nSPS) is 17.8. The minimum Gasteiger partial charge on any atom is -0.311 e. The van der Waals surface area contributed by atoms with Crippen LogP contribution in [0.5, 0.6) is 0 Å². The smallest absolute Gasteiger partial charge is 0.0281 e. The molecule has 0 saturated heterocycles. The zero-order valence-electron chi connectivity index (χ0n) is 11.2. The maximum Gasteiger partial charge on any atom is 0.0281 e. The van der Waals surface area contributed by atoms with Gasteiger partial charge in [0, 0.05) is 17.8 Å². The van der Waals surface area contributed by atoms with Gasteiger partial charge in [-0.3, -0.25) is 0 Å². The lowest BCUT2D eigenvalue weighted by molar-refractivity contribution is 0.556. The highest BCUT2D eigenvalue weighted by atomic mass is 32.2. The highest BCUT2D eigenvalue weighted by molar-refractivity contribution is 8.00. The minimum atomic E-state index is 0.483. The van der Waals surface area contributed by atoms with Gasteiger partial charge in [0.15, 0.2) is 0 Å². The van der Waals surface area contributed by atoms with Crippen LogP contribution in [0.2, 0.25) is 0 Å². The number of thioether (sulfide) groups is 1. The molecule has 0 spiro atoms. The lowest BCUT2D eigenvalue weighted by atomic mass is 10.1. The topological polar surface area (TPSA) is 12.0 Å². The Balaban J connectivity index is 1.80. The predicted molar refractivity (Wildman–Crippen MR) is 83.1 cm³/mol. The fourth-order valence-corrected chi connectivity index (χ4v) is 3.63. The summed E-state index contributed by atoms with van der Waals surface area (Å²) in [5.74, 6) is 0. The second-order valence-corrected chi connectivity index (χ2v) is 6.44. The molecule has 18 heavy (non-hydrogen) atoms. The molecule has 0 aliphatic heterocycles. The molecule has 1 aromatic rings. The molecule has 0 aromatic heterocycles. The van der Waals surface area contributed by atoms with E-state index >= 15 is 0 Å². The van der Waals surface area contributed by atoms with Gasteiger partial charge in [0.05, 0.1) is 0 Å². The first-order chi connectivity index (χ1) is 8.76. The van der Waals surface area contributed by atoms with E-state index in [4.69, 9.17) is 0 Å². The van der Waals surface area contributed by atoms with Gasteiger partial charge >= 0.3 is 0 Å². The van der Waals surface area contributed by atoms with Crippen LogP contribution in [-0.2, 0) is 0 Å². The molecule has 0 unspecified atom stereocenters. The van der Waals surface area contributed by atoms with Crippen molar-refractivity contribution >= 4 is 17.3 Å². The van der Waals surface area contributed by atoms with Crippen LogP contribution >= 0.6 is 11.8 Å². The molecule has 1 fully saturated rings. The summed E-state index contributed by atoms with van der Waals surface area (Å²) in [5.41, 5.74) is 2.43. The third-order valence-corrected chi connectivity index (χ3v) is 5.33. The molecule has 1 N–H and O–H groups in total. The van der Waals surface area contributed by atoms with Crippen molar-refractivity contribution in [3.8, 4) is 0 Å². The highest BCUT2D eigenvalue weighted by Crippen LogP contribution is 2.39. The Kier molecular flexibility index (Phi) is 4.90. The molecule has 1 aromatic carbocycles. The molecule has 0 radical (unpaired) electrons. The summed E-state index contributed by atoms with van der Waals surface area (Å²) in [6, 6.07) is 10.4. The minimum absolute atomic E-state index is 0.483. The Morgan fingerprint density at radius 2 is 1.94 bits per heavy atom. The maximum absolute atomic E-state index is 4.17. The second kappa shape index (κ2) is 6.44. The third-order valence-electron chi connectivity index (χ3n) is 3.92. The summed E-state index contributed by atoms with van der Waals surface area (Å²) < 4.78 is 0.483. The number of hydrogen-bond donors (Lipinski definition) is 1. The lowest BCUT2D eigenvalue weighted by Gasteiger charge is -2.27. The lowest BCUT2D eigenvalue weighted by Crippen LogP contribution is -2.35.